The van der Waals surface area contributed by atoms with E-state index in [9.17, 15) is 10.1 Å². The van der Waals surface area contributed by atoms with Crippen molar-refractivity contribution in [2.24, 2.45) is 0 Å². The molecule has 35 heavy (non-hydrogen) atoms. The van der Waals surface area contributed by atoms with Crippen LogP contribution in [0.3, 0.4) is 0 Å². The first kappa shape index (κ1) is 23.7. The third-order valence-corrected chi connectivity index (χ3v) is 6.01. The van der Waals surface area contributed by atoms with Crippen molar-refractivity contribution in [2.45, 2.75) is 13.0 Å². The molecular weight excluding hydrogens is 458 g/mol. The quantitative estimate of drug-likeness (QED) is 0.239. The van der Waals surface area contributed by atoms with Gasteiger partial charge in [0.25, 0.3) is 5.91 Å². The number of aromatic nitrogens is 1. The molecule has 6 nitrogen and oxygen atoms in total. The van der Waals surface area contributed by atoms with E-state index in [4.69, 9.17) is 9.47 Å². The van der Waals surface area contributed by atoms with Crippen LogP contribution in [-0.4, -0.2) is 18.0 Å². The maximum Gasteiger partial charge on any atom is 0.268 e. The largest absolute Gasteiger partial charge is 0.493 e. The molecule has 0 radical (unpaired) electrons. The van der Waals surface area contributed by atoms with Crippen molar-refractivity contribution in [3.63, 3.8) is 0 Å². The highest BCUT2D eigenvalue weighted by Gasteiger charge is 2.13. The Morgan fingerprint density at radius 2 is 1.74 bits per heavy atom. The topological polar surface area (TPSA) is 84.2 Å². The Labute approximate surface area is 208 Å². The zero-order valence-corrected chi connectivity index (χ0v) is 19.9. The molecule has 1 N–H and O–H groups in total. The average molecular weight is 482 g/mol. The molecule has 0 aliphatic carbocycles. The lowest BCUT2D eigenvalue weighted by atomic mass is 10.1. The number of hydrogen-bond acceptors (Lipinski definition) is 6. The fourth-order valence-electron chi connectivity index (χ4n) is 3.35. The maximum absolute atomic E-state index is 12.7. The van der Waals surface area contributed by atoms with Gasteiger partial charge in [0.1, 0.15) is 18.2 Å². The summed E-state index contributed by atoms with van der Waals surface area (Å²) in [5.41, 5.74) is 2.81. The second kappa shape index (κ2) is 11.6. The van der Waals surface area contributed by atoms with Crippen molar-refractivity contribution in [3.8, 4) is 17.6 Å². The number of carbonyl (C=O) groups excluding carboxylic acids is 1. The number of benzene rings is 3. The van der Waals surface area contributed by atoms with Gasteiger partial charge in [-0.15, -0.1) is 11.3 Å². The van der Waals surface area contributed by atoms with Crippen LogP contribution in [0.2, 0.25) is 0 Å². The minimum atomic E-state index is -0.517. The summed E-state index contributed by atoms with van der Waals surface area (Å²) >= 11 is 1.39. The van der Waals surface area contributed by atoms with Crippen LogP contribution in [0.4, 0.5) is 5.13 Å². The van der Waals surface area contributed by atoms with Gasteiger partial charge in [0.05, 0.1) is 7.11 Å². The number of thiazole rings is 1. The molecule has 0 saturated heterocycles. The zero-order valence-electron chi connectivity index (χ0n) is 19.1. The molecule has 7 heteroatoms. The smallest absolute Gasteiger partial charge is 0.268 e. The average Bonchev–Trinajstić information content (AvgIpc) is 3.33. The molecular formula is C28H23N3O3S. The van der Waals surface area contributed by atoms with Crippen molar-refractivity contribution >= 4 is 28.5 Å². The molecule has 4 aromatic rings. The van der Waals surface area contributed by atoms with Gasteiger partial charge in [-0.05, 0) is 34.9 Å². The van der Waals surface area contributed by atoms with E-state index >= 15 is 0 Å². The Hall–Kier alpha value is -4.41. The predicted octanol–water partition coefficient (Wildman–Crippen LogP) is 5.87. The van der Waals surface area contributed by atoms with Gasteiger partial charge in [-0.3, -0.25) is 10.1 Å². The third-order valence-electron chi connectivity index (χ3n) is 5.10. The van der Waals surface area contributed by atoms with E-state index in [-0.39, 0.29) is 5.57 Å². The van der Waals surface area contributed by atoms with Gasteiger partial charge in [-0.25, -0.2) is 4.98 Å². The van der Waals surface area contributed by atoms with Crippen LogP contribution in [-0.2, 0) is 17.8 Å². The van der Waals surface area contributed by atoms with Gasteiger partial charge in [-0.1, -0.05) is 66.7 Å². The minimum absolute atomic E-state index is 0.0372. The van der Waals surface area contributed by atoms with E-state index in [1.165, 1.54) is 17.4 Å². The van der Waals surface area contributed by atoms with Crippen molar-refractivity contribution in [1.29, 1.82) is 5.26 Å². The van der Waals surface area contributed by atoms with E-state index < -0.39 is 5.91 Å². The Bertz CT molecular complexity index is 1360. The number of carbonyl (C=O) groups is 1. The van der Waals surface area contributed by atoms with Gasteiger partial charge in [0.15, 0.2) is 16.6 Å². The van der Waals surface area contributed by atoms with Gasteiger partial charge in [0.2, 0.25) is 0 Å². The normalized spacial score (nSPS) is 10.9. The van der Waals surface area contributed by atoms with Gasteiger partial charge < -0.3 is 9.47 Å². The minimum Gasteiger partial charge on any atom is -0.493 e. The summed E-state index contributed by atoms with van der Waals surface area (Å²) in [4.78, 5) is 18.0. The Balaban J connectivity index is 1.43. The van der Waals surface area contributed by atoms with Crippen LogP contribution in [0.1, 0.15) is 21.6 Å². The molecule has 174 valence electrons. The highest BCUT2D eigenvalue weighted by Crippen LogP contribution is 2.30. The van der Waals surface area contributed by atoms with Crippen molar-refractivity contribution in [1.82, 2.24) is 4.98 Å². The maximum atomic E-state index is 12.7. The van der Waals surface area contributed by atoms with Crippen LogP contribution in [0.5, 0.6) is 11.5 Å². The zero-order chi connectivity index (χ0) is 24.5. The Morgan fingerprint density at radius 3 is 2.43 bits per heavy atom. The first-order valence-corrected chi connectivity index (χ1v) is 11.7. The molecule has 0 atom stereocenters. The number of hydrogen-bond donors (Lipinski definition) is 1. The van der Waals surface area contributed by atoms with Crippen molar-refractivity contribution in [2.75, 3.05) is 12.4 Å². The van der Waals surface area contributed by atoms with Crippen LogP contribution in [0.25, 0.3) is 6.08 Å². The Morgan fingerprint density at radius 1 is 1.03 bits per heavy atom. The van der Waals surface area contributed by atoms with Crippen LogP contribution in [0.15, 0.2) is 90.6 Å². The van der Waals surface area contributed by atoms with E-state index in [2.05, 4.69) is 10.3 Å². The predicted molar refractivity (Wildman–Crippen MR) is 137 cm³/mol. The standard InChI is InChI=1S/C28H23N3O3S/c1-33-26-16-22(12-13-25(26)34-19-21-10-6-3-7-11-21)14-23(17-29)27(32)31-28-30-18-24(35-28)15-20-8-4-2-5-9-20/h2-14,16,18H,15,19H2,1H3,(H,30,31,32). The fourth-order valence-corrected chi connectivity index (χ4v) is 4.19. The Kier molecular flexibility index (Phi) is 7.89. The van der Waals surface area contributed by atoms with Gasteiger partial charge in [-0.2, -0.15) is 5.26 Å². The first-order chi connectivity index (χ1) is 17.1. The van der Waals surface area contributed by atoms with E-state index in [0.29, 0.717) is 28.8 Å². The molecule has 3 aromatic carbocycles. The molecule has 0 aliphatic rings. The van der Waals surface area contributed by atoms with Crippen molar-refractivity contribution < 1.29 is 14.3 Å². The molecule has 1 aromatic heterocycles. The molecule has 0 saturated carbocycles. The van der Waals surface area contributed by atoms with E-state index in [0.717, 1.165) is 22.4 Å². The highest BCUT2D eigenvalue weighted by molar-refractivity contribution is 7.15. The summed E-state index contributed by atoms with van der Waals surface area (Å²) in [5.74, 6) is 0.569. The number of ether oxygens (including phenoxy) is 2. The number of anilines is 1. The molecule has 1 heterocycles. The molecule has 1 amide bonds. The van der Waals surface area contributed by atoms with Crippen LogP contribution >= 0.6 is 11.3 Å². The summed E-state index contributed by atoms with van der Waals surface area (Å²) < 4.78 is 11.3. The second-order valence-electron chi connectivity index (χ2n) is 7.60. The summed E-state index contributed by atoms with van der Waals surface area (Å²) in [6.07, 6.45) is 3.98. The monoisotopic (exact) mass is 481 g/mol. The molecule has 0 spiro atoms. The number of amides is 1. The van der Waals surface area contributed by atoms with E-state index in [1.807, 2.05) is 66.7 Å². The summed E-state index contributed by atoms with van der Waals surface area (Å²) in [5, 5.41) is 12.7. The lowest BCUT2D eigenvalue weighted by Gasteiger charge is -2.11. The van der Waals surface area contributed by atoms with Crippen molar-refractivity contribution in [3.05, 3.63) is 112 Å². The fraction of sp³-hybridized carbons (Fsp3) is 0.107. The summed E-state index contributed by atoms with van der Waals surface area (Å²) in [6.45, 7) is 0.401. The van der Waals surface area contributed by atoms with Crippen LogP contribution < -0.4 is 14.8 Å². The summed E-state index contributed by atoms with van der Waals surface area (Å²) in [7, 11) is 1.55. The van der Waals surface area contributed by atoms with Crippen LogP contribution in [0, 0.1) is 11.3 Å². The molecule has 0 bridgehead atoms. The molecule has 0 fully saturated rings. The molecule has 0 aliphatic heterocycles. The highest BCUT2D eigenvalue weighted by atomic mass is 32.1. The summed E-state index contributed by atoms with van der Waals surface area (Å²) in [6, 6.07) is 27.1. The number of rotatable bonds is 9. The number of nitriles is 1. The lowest BCUT2D eigenvalue weighted by molar-refractivity contribution is -0.112. The number of nitrogens with zero attached hydrogens (tertiary/aromatic N) is 2. The van der Waals surface area contributed by atoms with Gasteiger partial charge in [0, 0.05) is 17.5 Å². The third kappa shape index (κ3) is 6.56. The number of methoxy groups -OCH3 is 1. The van der Waals surface area contributed by atoms with E-state index in [1.54, 1.807) is 31.5 Å². The molecule has 4 rings (SSSR count). The second-order valence-corrected chi connectivity index (χ2v) is 8.72. The first-order valence-electron chi connectivity index (χ1n) is 10.9. The SMILES string of the molecule is COc1cc(C=C(C#N)C(=O)Nc2ncc(Cc3ccccc3)s2)ccc1OCc1ccccc1. The lowest BCUT2D eigenvalue weighted by Crippen LogP contribution is -2.13. The van der Waals surface area contributed by atoms with Gasteiger partial charge >= 0.3 is 0 Å². The number of nitrogens with one attached hydrogen (secondary N) is 1. The molecule has 0 unspecified atom stereocenters.